The van der Waals surface area contributed by atoms with Crippen molar-refractivity contribution in [3.05, 3.63) is 48.0 Å². The van der Waals surface area contributed by atoms with E-state index in [9.17, 15) is 9.90 Å². The van der Waals surface area contributed by atoms with E-state index in [-0.39, 0.29) is 12.1 Å². The van der Waals surface area contributed by atoms with Crippen molar-refractivity contribution in [1.29, 1.82) is 0 Å². The van der Waals surface area contributed by atoms with Gasteiger partial charge in [0.25, 0.3) is 0 Å². The minimum absolute atomic E-state index is 0.146. The summed E-state index contributed by atoms with van der Waals surface area (Å²) in [5.41, 5.74) is 0.579. The summed E-state index contributed by atoms with van der Waals surface area (Å²) in [5.74, 6) is -0.146. The maximum absolute atomic E-state index is 12.4. The van der Waals surface area contributed by atoms with E-state index in [4.69, 9.17) is 4.74 Å². The normalized spacial score (nSPS) is 25.1. The Morgan fingerprint density at radius 2 is 1.86 bits per heavy atom. The van der Waals surface area contributed by atoms with Crippen LogP contribution < -0.4 is 0 Å². The molecule has 1 N–H and O–H groups in total. The van der Waals surface area contributed by atoms with Gasteiger partial charge in [0.1, 0.15) is 6.61 Å². The van der Waals surface area contributed by atoms with Gasteiger partial charge in [-0.15, -0.1) is 0 Å². The highest BCUT2D eigenvalue weighted by atomic mass is 16.5. The van der Waals surface area contributed by atoms with Crippen LogP contribution in [0, 0.1) is 5.41 Å². The Morgan fingerprint density at radius 1 is 1.18 bits per heavy atom. The smallest absolute Gasteiger partial charge is 0.312 e. The summed E-state index contributed by atoms with van der Waals surface area (Å²) >= 11 is 0. The molecule has 2 aromatic rings. The third kappa shape index (κ3) is 3.00. The van der Waals surface area contributed by atoms with E-state index in [1.165, 1.54) is 0 Å². The maximum atomic E-state index is 12.4. The van der Waals surface area contributed by atoms with Gasteiger partial charge in [0.15, 0.2) is 0 Å². The second-order valence-electron chi connectivity index (χ2n) is 6.51. The third-order valence-corrected chi connectivity index (χ3v) is 4.79. The second-order valence-corrected chi connectivity index (χ2v) is 6.51. The minimum atomic E-state index is -0.455. The van der Waals surface area contributed by atoms with Gasteiger partial charge in [0.05, 0.1) is 11.5 Å². The van der Waals surface area contributed by atoms with Crippen LogP contribution >= 0.6 is 0 Å². The number of aliphatic hydroxyl groups excluding tert-OH is 1. The Bertz CT molecular complexity index is 664. The molecule has 0 bridgehead atoms. The van der Waals surface area contributed by atoms with Crippen LogP contribution in [0.2, 0.25) is 0 Å². The predicted octanol–water partition coefficient (Wildman–Crippen LogP) is 3.82. The van der Waals surface area contributed by atoms with Gasteiger partial charge in [0, 0.05) is 0 Å². The van der Waals surface area contributed by atoms with Crippen molar-refractivity contribution in [2.75, 3.05) is 0 Å². The number of benzene rings is 2. The molecular formula is C19H22O3. The number of carbonyl (C=O) groups is 1. The number of ether oxygens (including phenoxy) is 1. The molecule has 1 fully saturated rings. The molecule has 0 spiro atoms. The monoisotopic (exact) mass is 298 g/mol. The van der Waals surface area contributed by atoms with Crippen molar-refractivity contribution in [3.8, 4) is 0 Å². The Morgan fingerprint density at radius 3 is 2.64 bits per heavy atom. The van der Waals surface area contributed by atoms with Crippen LogP contribution in [0.1, 0.15) is 38.2 Å². The zero-order valence-corrected chi connectivity index (χ0v) is 12.9. The van der Waals surface area contributed by atoms with Crippen molar-refractivity contribution < 1.29 is 14.6 Å². The molecule has 1 aliphatic carbocycles. The number of rotatable bonds is 3. The molecule has 3 heteroatoms. The molecule has 0 heterocycles. The molecule has 3 rings (SSSR count). The summed E-state index contributed by atoms with van der Waals surface area (Å²) in [6, 6.07) is 14.2. The van der Waals surface area contributed by atoms with Gasteiger partial charge in [0.2, 0.25) is 0 Å². The van der Waals surface area contributed by atoms with Gasteiger partial charge >= 0.3 is 5.97 Å². The molecule has 1 aliphatic rings. The van der Waals surface area contributed by atoms with Crippen molar-refractivity contribution in [2.45, 2.75) is 45.3 Å². The number of fused-ring (bicyclic) bond motifs is 1. The van der Waals surface area contributed by atoms with Crippen LogP contribution in [0.15, 0.2) is 42.5 Å². The summed E-state index contributed by atoms with van der Waals surface area (Å²) < 4.78 is 5.59. The third-order valence-electron chi connectivity index (χ3n) is 4.79. The number of aliphatic hydroxyl groups is 1. The average molecular weight is 298 g/mol. The first-order valence-electron chi connectivity index (χ1n) is 7.90. The van der Waals surface area contributed by atoms with E-state index in [0.717, 1.165) is 16.3 Å². The molecule has 0 amide bonds. The summed E-state index contributed by atoms with van der Waals surface area (Å²) in [5, 5.41) is 11.9. The minimum Gasteiger partial charge on any atom is -0.460 e. The summed E-state index contributed by atoms with van der Waals surface area (Å²) in [4.78, 5) is 12.4. The van der Waals surface area contributed by atoms with Crippen molar-refractivity contribution in [2.24, 2.45) is 5.41 Å². The molecule has 22 heavy (non-hydrogen) atoms. The molecule has 116 valence electrons. The molecule has 0 aliphatic heterocycles. The largest absolute Gasteiger partial charge is 0.460 e. The van der Waals surface area contributed by atoms with Crippen LogP contribution in [0.5, 0.6) is 0 Å². The summed E-state index contributed by atoms with van der Waals surface area (Å²) in [7, 11) is 0. The van der Waals surface area contributed by atoms with Gasteiger partial charge < -0.3 is 9.84 Å². The highest BCUT2D eigenvalue weighted by molar-refractivity contribution is 5.86. The quantitative estimate of drug-likeness (QED) is 0.876. The first kappa shape index (κ1) is 15.0. The molecule has 0 radical (unpaired) electrons. The zero-order chi connectivity index (χ0) is 15.6. The number of esters is 1. The Kier molecular flexibility index (Phi) is 4.16. The van der Waals surface area contributed by atoms with Crippen molar-refractivity contribution >= 4 is 16.7 Å². The second kappa shape index (κ2) is 6.09. The zero-order valence-electron chi connectivity index (χ0n) is 12.9. The van der Waals surface area contributed by atoms with Crippen LogP contribution in [0.4, 0.5) is 0 Å². The highest BCUT2D eigenvalue weighted by Gasteiger charge is 2.38. The number of carbonyl (C=O) groups excluding carboxylic acids is 1. The van der Waals surface area contributed by atoms with E-state index >= 15 is 0 Å². The number of hydrogen-bond donors (Lipinski definition) is 1. The van der Waals surface area contributed by atoms with Gasteiger partial charge in [-0.05, 0) is 48.9 Å². The van der Waals surface area contributed by atoms with Gasteiger partial charge in [-0.25, -0.2) is 0 Å². The van der Waals surface area contributed by atoms with E-state index in [1.54, 1.807) is 0 Å². The van der Waals surface area contributed by atoms with Gasteiger partial charge in [-0.2, -0.15) is 0 Å². The van der Waals surface area contributed by atoms with Crippen LogP contribution in [0.3, 0.4) is 0 Å². The molecule has 0 atom stereocenters. The summed E-state index contributed by atoms with van der Waals surface area (Å²) in [6.07, 6.45) is 2.49. The Balaban J connectivity index is 1.70. The number of hydrogen-bond acceptors (Lipinski definition) is 3. The lowest BCUT2D eigenvalue weighted by Crippen LogP contribution is -2.35. The summed E-state index contributed by atoms with van der Waals surface area (Å²) in [6.45, 7) is 2.25. The van der Waals surface area contributed by atoms with E-state index in [0.29, 0.717) is 32.3 Å². The van der Waals surface area contributed by atoms with Crippen LogP contribution in [0.25, 0.3) is 10.8 Å². The topological polar surface area (TPSA) is 46.5 Å². The average Bonchev–Trinajstić information content (AvgIpc) is 2.55. The SMILES string of the molecule is CC1(C(=O)OCc2cccc3ccccc23)CCC(O)CC1. The molecule has 0 unspecified atom stereocenters. The molecule has 1 saturated carbocycles. The first-order chi connectivity index (χ1) is 10.6. The molecule has 0 aromatic heterocycles. The van der Waals surface area contributed by atoms with E-state index < -0.39 is 5.41 Å². The fourth-order valence-electron chi connectivity index (χ4n) is 3.18. The lowest BCUT2D eigenvalue weighted by Gasteiger charge is -2.33. The standard InChI is InChI=1S/C19H22O3/c1-19(11-9-16(20)10-12-19)18(21)22-13-15-7-4-6-14-5-2-3-8-17(14)15/h2-8,16,20H,9-13H2,1H3. The fourth-order valence-corrected chi connectivity index (χ4v) is 3.18. The van der Waals surface area contributed by atoms with Crippen molar-refractivity contribution in [3.63, 3.8) is 0 Å². The lowest BCUT2D eigenvalue weighted by molar-refractivity contribution is -0.159. The van der Waals surface area contributed by atoms with Gasteiger partial charge in [-0.3, -0.25) is 4.79 Å². The van der Waals surface area contributed by atoms with Gasteiger partial charge in [-0.1, -0.05) is 42.5 Å². The molecule has 3 nitrogen and oxygen atoms in total. The molecule has 0 saturated heterocycles. The van der Waals surface area contributed by atoms with Crippen LogP contribution in [-0.2, 0) is 16.1 Å². The maximum Gasteiger partial charge on any atom is 0.312 e. The van der Waals surface area contributed by atoms with Crippen molar-refractivity contribution in [1.82, 2.24) is 0 Å². The molecular weight excluding hydrogens is 276 g/mol. The van der Waals surface area contributed by atoms with E-state index in [1.807, 2.05) is 31.2 Å². The predicted molar refractivity (Wildman–Crippen MR) is 86.3 cm³/mol. The Labute approximate surface area is 130 Å². The van der Waals surface area contributed by atoms with Crippen LogP contribution in [-0.4, -0.2) is 17.2 Å². The lowest BCUT2D eigenvalue weighted by atomic mass is 9.75. The highest BCUT2D eigenvalue weighted by Crippen LogP contribution is 2.37. The van der Waals surface area contributed by atoms with E-state index in [2.05, 4.69) is 18.2 Å². The molecule has 2 aromatic carbocycles. The first-order valence-corrected chi connectivity index (χ1v) is 7.90. The Hall–Kier alpha value is -1.87. The fraction of sp³-hybridized carbons (Fsp3) is 0.421.